The van der Waals surface area contributed by atoms with Crippen LogP contribution in [0.4, 0.5) is 4.39 Å². The second kappa shape index (κ2) is 5.48. The number of rotatable bonds is 3. The van der Waals surface area contributed by atoms with Crippen LogP contribution in [0.3, 0.4) is 0 Å². The minimum absolute atomic E-state index is 0.260. The first-order valence-corrected chi connectivity index (χ1v) is 7.87. The Hall–Kier alpha value is -2.73. The minimum atomic E-state index is -0.260. The van der Waals surface area contributed by atoms with Gasteiger partial charge < -0.3 is 9.30 Å². The van der Waals surface area contributed by atoms with Crippen LogP contribution < -0.4 is 4.74 Å². The van der Waals surface area contributed by atoms with Gasteiger partial charge in [0.05, 0.1) is 10.9 Å². The molecule has 4 nitrogen and oxygen atoms in total. The highest BCUT2D eigenvalue weighted by Gasteiger charge is 2.10. The lowest BCUT2D eigenvalue weighted by atomic mass is 10.2. The third kappa shape index (κ3) is 2.57. The van der Waals surface area contributed by atoms with Crippen LogP contribution in [-0.4, -0.2) is 14.5 Å². The summed E-state index contributed by atoms with van der Waals surface area (Å²) in [5, 5.41) is 3.23. The normalized spacial score (nSPS) is 11.0. The van der Waals surface area contributed by atoms with Crippen molar-refractivity contribution < 1.29 is 9.13 Å². The van der Waals surface area contributed by atoms with Crippen molar-refractivity contribution >= 4 is 22.2 Å². The summed E-state index contributed by atoms with van der Waals surface area (Å²) in [5.41, 5.74) is 1.81. The predicted molar refractivity (Wildman–Crippen MR) is 88.3 cm³/mol. The minimum Gasteiger partial charge on any atom is -0.438 e. The average molecular weight is 325 g/mol. The fourth-order valence-corrected chi connectivity index (χ4v) is 3.17. The number of aromatic nitrogens is 3. The molecule has 0 fully saturated rings. The van der Waals surface area contributed by atoms with Crippen molar-refractivity contribution in [2.45, 2.75) is 0 Å². The number of fused-ring (bicyclic) bond motifs is 1. The highest BCUT2D eigenvalue weighted by Crippen LogP contribution is 2.31. The summed E-state index contributed by atoms with van der Waals surface area (Å²) in [4.78, 5) is 8.45. The van der Waals surface area contributed by atoms with Gasteiger partial charge in [-0.2, -0.15) is 0 Å². The predicted octanol–water partition coefficient (Wildman–Crippen LogP) is 4.63. The number of hydrogen-bond acceptors (Lipinski definition) is 4. The number of hydrogen-bond donors (Lipinski definition) is 0. The molecule has 6 heteroatoms. The van der Waals surface area contributed by atoms with Gasteiger partial charge in [0.15, 0.2) is 0 Å². The van der Waals surface area contributed by atoms with E-state index in [-0.39, 0.29) is 5.82 Å². The van der Waals surface area contributed by atoms with Gasteiger partial charge in [-0.05, 0) is 30.3 Å². The Balaban J connectivity index is 1.63. The molecule has 114 valence electrons. The van der Waals surface area contributed by atoms with Crippen LogP contribution >= 0.6 is 11.3 Å². The number of nitrogens with zero attached hydrogens (tertiary/aromatic N) is 3. The molecular weight excluding hydrogens is 313 g/mol. The molecule has 0 atom stereocenters. The van der Waals surface area contributed by atoms with E-state index in [2.05, 4.69) is 9.97 Å². The van der Waals surface area contributed by atoms with Gasteiger partial charge in [-0.25, -0.2) is 9.37 Å². The molecule has 0 aliphatic rings. The first-order chi connectivity index (χ1) is 11.2. The lowest BCUT2D eigenvalue weighted by Crippen LogP contribution is -1.86. The molecule has 1 aromatic carbocycles. The van der Waals surface area contributed by atoms with E-state index in [1.165, 1.54) is 17.5 Å². The van der Waals surface area contributed by atoms with Crippen LogP contribution in [0, 0.1) is 5.82 Å². The largest absolute Gasteiger partial charge is 0.438 e. The van der Waals surface area contributed by atoms with Gasteiger partial charge in [-0.15, -0.1) is 11.3 Å². The average Bonchev–Trinajstić information content (AvgIpc) is 3.14. The molecule has 3 heterocycles. The zero-order valence-electron chi connectivity index (χ0n) is 12.2. The Morgan fingerprint density at radius 3 is 2.83 bits per heavy atom. The summed E-state index contributed by atoms with van der Waals surface area (Å²) in [7, 11) is 1.81. The van der Waals surface area contributed by atoms with Crippen molar-refractivity contribution in [2.24, 2.45) is 7.05 Å². The SMILES string of the molecule is Cn1cc(F)c2cc(Oc3csc(-c4ccncc4)n3)ccc21. The maximum Gasteiger partial charge on any atom is 0.230 e. The van der Waals surface area contributed by atoms with Crippen molar-refractivity contribution in [3.63, 3.8) is 0 Å². The van der Waals surface area contributed by atoms with Gasteiger partial charge in [0, 0.05) is 36.6 Å². The molecule has 0 N–H and O–H groups in total. The Labute approximate surface area is 135 Å². The summed E-state index contributed by atoms with van der Waals surface area (Å²) in [6, 6.07) is 9.13. The zero-order chi connectivity index (χ0) is 15.8. The molecule has 0 saturated heterocycles. The molecule has 0 radical (unpaired) electrons. The van der Waals surface area contributed by atoms with Crippen LogP contribution in [0.5, 0.6) is 11.6 Å². The summed E-state index contributed by atoms with van der Waals surface area (Å²) >= 11 is 1.49. The molecule has 0 amide bonds. The van der Waals surface area contributed by atoms with Crippen LogP contribution in [0.2, 0.25) is 0 Å². The number of pyridine rings is 1. The molecule has 0 saturated carbocycles. The van der Waals surface area contributed by atoms with E-state index >= 15 is 0 Å². The van der Waals surface area contributed by atoms with Gasteiger partial charge in [-0.1, -0.05) is 0 Å². The highest BCUT2D eigenvalue weighted by molar-refractivity contribution is 7.13. The first kappa shape index (κ1) is 13.9. The van der Waals surface area contributed by atoms with Crippen LogP contribution in [-0.2, 0) is 7.05 Å². The van der Waals surface area contributed by atoms with Gasteiger partial charge in [0.1, 0.15) is 16.6 Å². The Morgan fingerprint density at radius 1 is 1.17 bits per heavy atom. The number of benzene rings is 1. The van der Waals surface area contributed by atoms with Gasteiger partial charge >= 0.3 is 0 Å². The van der Waals surface area contributed by atoms with Crippen LogP contribution in [0.15, 0.2) is 54.3 Å². The molecule has 0 aliphatic carbocycles. The standard InChI is InChI=1S/C17H12FN3OS/c1-21-9-14(18)13-8-12(2-3-15(13)21)22-16-10-23-17(20-16)11-4-6-19-7-5-11/h2-10H,1H3. The molecule has 4 rings (SSSR count). The number of thiazole rings is 1. The lowest BCUT2D eigenvalue weighted by molar-refractivity contribution is 0.467. The third-order valence-electron chi connectivity index (χ3n) is 3.55. The lowest BCUT2D eigenvalue weighted by Gasteiger charge is -2.03. The monoisotopic (exact) mass is 325 g/mol. The maximum atomic E-state index is 13.9. The summed E-state index contributed by atoms with van der Waals surface area (Å²) in [6.45, 7) is 0. The molecule has 0 aliphatic heterocycles. The van der Waals surface area contributed by atoms with Crippen LogP contribution in [0.25, 0.3) is 21.5 Å². The van der Waals surface area contributed by atoms with E-state index in [0.29, 0.717) is 17.0 Å². The van der Waals surface area contributed by atoms with E-state index in [0.717, 1.165) is 16.1 Å². The van der Waals surface area contributed by atoms with E-state index < -0.39 is 0 Å². The van der Waals surface area contributed by atoms with E-state index in [9.17, 15) is 4.39 Å². The van der Waals surface area contributed by atoms with E-state index in [1.807, 2.05) is 36.7 Å². The van der Waals surface area contributed by atoms with Crippen molar-refractivity contribution in [3.8, 4) is 22.2 Å². The molecule has 0 bridgehead atoms. The molecule has 23 heavy (non-hydrogen) atoms. The molecule has 3 aromatic heterocycles. The fourth-order valence-electron chi connectivity index (χ4n) is 2.44. The summed E-state index contributed by atoms with van der Waals surface area (Å²) in [5.74, 6) is 0.801. The second-order valence-electron chi connectivity index (χ2n) is 5.10. The smallest absolute Gasteiger partial charge is 0.230 e. The molecule has 4 aromatic rings. The van der Waals surface area contributed by atoms with E-state index in [1.54, 1.807) is 23.0 Å². The van der Waals surface area contributed by atoms with Crippen molar-refractivity contribution in [2.75, 3.05) is 0 Å². The summed E-state index contributed by atoms with van der Waals surface area (Å²) < 4.78 is 21.4. The van der Waals surface area contributed by atoms with Crippen molar-refractivity contribution in [3.05, 3.63) is 60.1 Å². The topological polar surface area (TPSA) is 39.9 Å². The van der Waals surface area contributed by atoms with Gasteiger partial charge in [-0.3, -0.25) is 4.98 Å². The Bertz CT molecular complexity index is 978. The van der Waals surface area contributed by atoms with Gasteiger partial charge in [0.25, 0.3) is 0 Å². The highest BCUT2D eigenvalue weighted by atomic mass is 32.1. The van der Waals surface area contributed by atoms with Crippen LogP contribution in [0.1, 0.15) is 0 Å². The quantitative estimate of drug-likeness (QED) is 0.551. The number of ether oxygens (including phenoxy) is 1. The second-order valence-corrected chi connectivity index (χ2v) is 5.95. The molecule has 0 unspecified atom stereocenters. The van der Waals surface area contributed by atoms with Crippen molar-refractivity contribution in [1.29, 1.82) is 0 Å². The summed E-state index contributed by atoms with van der Waals surface area (Å²) in [6.07, 6.45) is 4.91. The zero-order valence-corrected chi connectivity index (χ0v) is 13.0. The Morgan fingerprint density at radius 2 is 2.00 bits per heavy atom. The van der Waals surface area contributed by atoms with Crippen molar-refractivity contribution in [1.82, 2.24) is 14.5 Å². The van der Waals surface area contributed by atoms with E-state index in [4.69, 9.17) is 4.74 Å². The Kier molecular flexibility index (Phi) is 3.31. The number of aryl methyl sites for hydroxylation is 1. The third-order valence-corrected chi connectivity index (χ3v) is 4.41. The fraction of sp³-hybridized carbons (Fsp3) is 0.0588. The molecule has 0 spiro atoms. The van der Waals surface area contributed by atoms with Gasteiger partial charge in [0.2, 0.25) is 5.88 Å². The maximum absolute atomic E-state index is 13.9. The molecular formula is C17H12FN3OS. The number of halogens is 1. The first-order valence-electron chi connectivity index (χ1n) is 6.99.